The van der Waals surface area contributed by atoms with Gasteiger partial charge in [0.1, 0.15) is 0 Å². The molecule has 206 valence electrons. The first-order valence-corrected chi connectivity index (χ1v) is 15.7. The van der Waals surface area contributed by atoms with Crippen molar-refractivity contribution in [1.82, 2.24) is 0 Å². The molecule has 5 heteroatoms. The second-order valence-corrected chi connectivity index (χ2v) is 13.5. The van der Waals surface area contributed by atoms with Crippen molar-refractivity contribution in [2.45, 2.75) is 41.2 Å². The van der Waals surface area contributed by atoms with E-state index in [1.54, 1.807) is 0 Å². The molecule has 5 aromatic rings. The Morgan fingerprint density at radius 3 is 1.71 bits per heavy atom. The Labute approximate surface area is 244 Å². The van der Waals surface area contributed by atoms with E-state index in [-0.39, 0.29) is 0 Å². The fourth-order valence-electron chi connectivity index (χ4n) is 5.57. The zero-order valence-corrected chi connectivity index (χ0v) is 25.4. The van der Waals surface area contributed by atoms with Crippen molar-refractivity contribution in [2.24, 2.45) is 15.2 Å². The first-order chi connectivity index (χ1) is 19.9. The predicted molar refractivity (Wildman–Crippen MR) is 176 cm³/mol. The Bertz CT molecular complexity index is 1650. The van der Waals surface area contributed by atoms with Crippen LogP contribution in [0.2, 0.25) is 0 Å². The molecule has 0 saturated carbocycles. The average Bonchev–Trinajstić information content (AvgIpc) is 2.98. The van der Waals surface area contributed by atoms with Gasteiger partial charge in [-0.2, -0.15) is 0 Å². The fourth-order valence-corrected chi connectivity index (χ4v) is 8.97. The highest BCUT2D eigenvalue weighted by atomic mass is 31.2. The van der Waals surface area contributed by atoms with Gasteiger partial charge >= 0.3 is 0 Å². The highest BCUT2D eigenvalue weighted by Crippen LogP contribution is 2.48. The number of nitrogens with zero attached hydrogens (tertiary/aromatic N) is 3. The zero-order valence-electron chi connectivity index (χ0n) is 24.5. The van der Waals surface area contributed by atoms with Crippen LogP contribution in [-0.4, -0.2) is 0 Å². The summed E-state index contributed by atoms with van der Waals surface area (Å²) in [6.45, 7) is 11.2. The molecular formula is C36H37N4P. The summed E-state index contributed by atoms with van der Waals surface area (Å²) in [6.07, 6.45) is 0. The number of hydrogen-bond acceptors (Lipinski definition) is 2. The smallest absolute Gasteiger partial charge is 0.0933 e. The molecule has 0 aromatic heterocycles. The highest BCUT2D eigenvalue weighted by Gasteiger charge is 2.30. The number of benzene rings is 5. The van der Waals surface area contributed by atoms with Gasteiger partial charge in [0.25, 0.3) is 0 Å². The second-order valence-electron chi connectivity index (χ2n) is 10.6. The molecule has 41 heavy (non-hydrogen) atoms. The van der Waals surface area contributed by atoms with Gasteiger partial charge in [0.05, 0.1) is 12.7 Å². The molecule has 0 aliphatic heterocycles. The number of anilines is 1. The molecule has 0 unspecified atom stereocenters. The molecule has 0 heterocycles. The van der Waals surface area contributed by atoms with E-state index in [9.17, 15) is 0 Å². The van der Waals surface area contributed by atoms with Crippen LogP contribution in [0.4, 0.5) is 11.4 Å². The highest BCUT2D eigenvalue weighted by molar-refractivity contribution is 7.87. The third-order valence-electron chi connectivity index (χ3n) is 7.49. The summed E-state index contributed by atoms with van der Waals surface area (Å²) in [5, 5.41) is 16.6. The monoisotopic (exact) mass is 556 g/mol. The van der Waals surface area contributed by atoms with E-state index in [0.29, 0.717) is 6.54 Å². The van der Waals surface area contributed by atoms with Gasteiger partial charge in [0.15, 0.2) is 0 Å². The van der Waals surface area contributed by atoms with Gasteiger partial charge in [-0.25, -0.2) is 0 Å². The van der Waals surface area contributed by atoms with Crippen LogP contribution >= 0.6 is 7.05 Å². The average molecular weight is 557 g/mol. The van der Waals surface area contributed by atoms with Crippen molar-refractivity contribution in [1.29, 1.82) is 0 Å². The van der Waals surface area contributed by atoms with Gasteiger partial charge in [-0.1, -0.05) is 121 Å². The Hall–Kier alpha value is -4.27. The molecule has 1 N–H and O–H groups in total. The summed E-state index contributed by atoms with van der Waals surface area (Å²) in [4.78, 5) is 5.26. The van der Waals surface area contributed by atoms with Crippen LogP contribution in [0.1, 0.15) is 33.4 Å². The van der Waals surface area contributed by atoms with E-state index in [1.165, 1.54) is 33.2 Å². The van der Waals surface area contributed by atoms with Crippen LogP contribution in [0.5, 0.6) is 0 Å². The molecule has 0 fully saturated rings. The minimum atomic E-state index is -2.59. The Kier molecular flexibility index (Phi) is 8.61. The van der Waals surface area contributed by atoms with Gasteiger partial charge in [0, 0.05) is 28.1 Å². The summed E-state index contributed by atoms with van der Waals surface area (Å²) in [5.74, 6) is 0. The first-order valence-electron chi connectivity index (χ1n) is 14.0. The van der Waals surface area contributed by atoms with E-state index < -0.39 is 7.05 Å². The zero-order chi connectivity index (χ0) is 28.8. The molecule has 5 rings (SSSR count). The van der Waals surface area contributed by atoms with Gasteiger partial charge in [-0.05, 0) is 67.7 Å². The van der Waals surface area contributed by atoms with E-state index in [2.05, 4.69) is 160 Å². The Morgan fingerprint density at radius 2 is 1.12 bits per heavy atom. The van der Waals surface area contributed by atoms with E-state index in [0.717, 1.165) is 27.4 Å². The maximum absolute atomic E-state index is 5.26. The van der Waals surface area contributed by atoms with Crippen LogP contribution in [0, 0.1) is 34.6 Å². The van der Waals surface area contributed by atoms with Crippen LogP contribution in [0.25, 0.3) is 0 Å². The lowest BCUT2D eigenvalue weighted by Crippen LogP contribution is -2.28. The van der Waals surface area contributed by atoms with Gasteiger partial charge in [-0.15, -0.1) is 9.97 Å². The molecule has 0 aliphatic rings. The minimum absolute atomic E-state index is 0.673. The second kappa shape index (κ2) is 12.5. The molecule has 4 nitrogen and oxygen atoms in total. The quantitative estimate of drug-likeness (QED) is 0.116. The topological polar surface area (TPSA) is 49.1 Å². The van der Waals surface area contributed by atoms with Gasteiger partial charge < -0.3 is 5.32 Å². The molecule has 0 aliphatic carbocycles. The van der Waals surface area contributed by atoms with Crippen molar-refractivity contribution in [3.8, 4) is 0 Å². The van der Waals surface area contributed by atoms with Crippen LogP contribution in [-0.2, 0) is 6.54 Å². The minimum Gasteiger partial charge on any atom is -0.381 e. The summed E-state index contributed by atoms with van der Waals surface area (Å²) >= 11 is 0. The third kappa shape index (κ3) is 5.94. The maximum Gasteiger partial charge on any atom is 0.0933 e. The van der Waals surface area contributed by atoms with Gasteiger partial charge in [0.2, 0.25) is 0 Å². The molecular weight excluding hydrogens is 519 g/mol. The lowest BCUT2D eigenvalue weighted by atomic mass is 10.1. The lowest BCUT2D eigenvalue weighted by Gasteiger charge is -2.27. The summed E-state index contributed by atoms with van der Waals surface area (Å²) in [6, 6.07) is 40.5. The lowest BCUT2D eigenvalue weighted by molar-refractivity contribution is 1.06. The predicted octanol–water partition coefficient (Wildman–Crippen LogP) is 9.02. The van der Waals surface area contributed by atoms with Crippen molar-refractivity contribution in [3.63, 3.8) is 0 Å². The fraction of sp³-hybridized carbons (Fsp3) is 0.167. The molecule has 5 aromatic carbocycles. The summed E-state index contributed by atoms with van der Waals surface area (Å²) < 4.78 is 0. The standard InChI is InChI=1S/C36H37N4P/c1-26-23-29(4)36(30(5)24-26)38-39-40-41(32-18-8-6-9-19-32,33-20-10-7-11-21-33)34-22-13-12-17-31(34)25-37-35-27(2)15-14-16-28(35)3/h6-24,37H,25H2,1-5H3. The van der Waals surface area contributed by atoms with Crippen LogP contribution in [0.15, 0.2) is 130 Å². The number of aryl methyl sites for hydroxylation is 5. The SMILES string of the molecule is Cc1cc(C)c(N=NN=P(c2ccccc2)(c2ccccc2)c2ccccc2CNc2c(C)cccc2C)c(C)c1. The Morgan fingerprint density at radius 1 is 0.585 bits per heavy atom. The van der Waals surface area contributed by atoms with Crippen molar-refractivity contribution in [3.05, 3.63) is 149 Å². The number of hydrogen-bond donors (Lipinski definition) is 1. The molecule has 0 saturated heterocycles. The van der Waals surface area contributed by atoms with Crippen LogP contribution in [0.3, 0.4) is 0 Å². The molecule has 0 amide bonds. The van der Waals surface area contributed by atoms with Crippen molar-refractivity contribution < 1.29 is 0 Å². The summed E-state index contributed by atoms with van der Waals surface area (Å²) in [7, 11) is -2.59. The third-order valence-corrected chi connectivity index (χ3v) is 11.1. The van der Waals surface area contributed by atoms with E-state index >= 15 is 0 Å². The Balaban J connectivity index is 1.73. The number of nitrogens with one attached hydrogen (secondary N) is 1. The molecule has 0 bridgehead atoms. The summed E-state index contributed by atoms with van der Waals surface area (Å²) in [5.41, 5.74) is 9.13. The largest absolute Gasteiger partial charge is 0.381 e. The van der Waals surface area contributed by atoms with Crippen LogP contribution < -0.4 is 21.2 Å². The molecule has 0 radical (unpaired) electrons. The van der Waals surface area contributed by atoms with E-state index in [4.69, 9.17) is 9.97 Å². The number of para-hydroxylation sites is 1. The van der Waals surface area contributed by atoms with Crippen molar-refractivity contribution >= 4 is 34.3 Å². The van der Waals surface area contributed by atoms with Crippen molar-refractivity contribution in [2.75, 3.05) is 5.32 Å². The first kappa shape index (κ1) is 28.3. The molecule has 0 atom stereocenters. The van der Waals surface area contributed by atoms with E-state index in [1.807, 2.05) is 0 Å². The molecule has 0 spiro atoms. The normalized spacial score (nSPS) is 11.5. The number of rotatable bonds is 8. The van der Waals surface area contributed by atoms with Gasteiger partial charge in [-0.3, -0.25) is 0 Å². The maximum atomic E-state index is 5.26.